The first-order chi connectivity index (χ1) is 17.0. The molecular formula is C26H23FN4O4. The van der Waals surface area contributed by atoms with Crippen LogP contribution in [0.15, 0.2) is 72.3 Å². The van der Waals surface area contributed by atoms with Crippen LogP contribution in [0, 0.1) is 5.82 Å². The second kappa shape index (κ2) is 9.09. The van der Waals surface area contributed by atoms with E-state index in [0.717, 1.165) is 12.8 Å². The van der Waals surface area contributed by atoms with Gasteiger partial charge in [-0.3, -0.25) is 14.0 Å². The number of hydrogen-bond donors (Lipinski definition) is 1. The topological polar surface area (TPSA) is 88.9 Å². The number of benzene rings is 2. The van der Waals surface area contributed by atoms with Crippen molar-refractivity contribution in [1.82, 2.24) is 19.3 Å². The number of aromatic amines is 1. The average molecular weight is 474 g/mol. The molecule has 0 saturated carbocycles. The van der Waals surface area contributed by atoms with E-state index in [1.165, 1.54) is 25.3 Å². The molecule has 3 heterocycles. The number of nitrogens with one attached hydrogen (secondary N) is 1. The minimum Gasteiger partial charge on any atom is -0.494 e. The summed E-state index contributed by atoms with van der Waals surface area (Å²) in [7, 11) is 1.39. The molecule has 1 saturated heterocycles. The van der Waals surface area contributed by atoms with Crippen LogP contribution in [0.25, 0.3) is 16.8 Å². The van der Waals surface area contributed by atoms with Gasteiger partial charge in [0.2, 0.25) is 11.7 Å². The number of H-pyrrole nitrogens is 1. The van der Waals surface area contributed by atoms with E-state index in [-0.39, 0.29) is 29.0 Å². The number of carbonyl (C=O) groups excluding carboxylic acids is 1. The van der Waals surface area contributed by atoms with Crippen molar-refractivity contribution in [3.05, 3.63) is 89.5 Å². The maximum absolute atomic E-state index is 14.5. The summed E-state index contributed by atoms with van der Waals surface area (Å²) in [4.78, 5) is 34.4. The van der Waals surface area contributed by atoms with E-state index in [2.05, 4.69) is 11.6 Å². The summed E-state index contributed by atoms with van der Waals surface area (Å²) in [6.45, 7) is 4.21. The van der Waals surface area contributed by atoms with Gasteiger partial charge in [-0.25, -0.2) is 4.98 Å². The van der Waals surface area contributed by atoms with Gasteiger partial charge in [0.15, 0.2) is 11.5 Å². The maximum Gasteiger partial charge on any atom is 0.274 e. The third-order valence-corrected chi connectivity index (χ3v) is 6.10. The summed E-state index contributed by atoms with van der Waals surface area (Å²) >= 11 is 0. The zero-order valence-electron chi connectivity index (χ0n) is 19.0. The van der Waals surface area contributed by atoms with Gasteiger partial charge in [0.05, 0.1) is 13.2 Å². The molecule has 0 spiro atoms. The van der Waals surface area contributed by atoms with E-state index in [1.807, 2.05) is 0 Å². The summed E-state index contributed by atoms with van der Waals surface area (Å²) in [5.41, 5.74) is 1.26. The molecule has 1 atom stereocenters. The van der Waals surface area contributed by atoms with Crippen molar-refractivity contribution in [1.29, 1.82) is 0 Å². The number of ether oxygens (including phenoxy) is 2. The smallest absolute Gasteiger partial charge is 0.274 e. The highest BCUT2D eigenvalue weighted by Crippen LogP contribution is 2.35. The Morgan fingerprint density at radius 3 is 2.74 bits per heavy atom. The van der Waals surface area contributed by atoms with E-state index in [4.69, 9.17) is 14.5 Å². The van der Waals surface area contributed by atoms with Crippen molar-refractivity contribution < 1.29 is 18.7 Å². The van der Waals surface area contributed by atoms with Gasteiger partial charge in [-0.1, -0.05) is 12.6 Å². The van der Waals surface area contributed by atoms with E-state index < -0.39 is 5.82 Å². The zero-order chi connectivity index (χ0) is 24.5. The molecule has 1 N–H and O–H groups in total. The first kappa shape index (κ1) is 22.4. The number of nitrogens with zero attached hydrogens (tertiary/aromatic N) is 3. The number of imidazole rings is 1. The number of carbonyl (C=O) groups is 1. The van der Waals surface area contributed by atoms with Gasteiger partial charge in [-0.2, -0.15) is 4.39 Å². The van der Waals surface area contributed by atoms with Crippen LogP contribution in [0.1, 0.15) is 24.7 Å². The number of hydrogen-bond acceptors (Lipinski definition) is 5. The minimum atomic E-state index is -0.592. The lowest BCUT2D eigenvalue weighted by molar-refractivity contribution is -0.127. The highest BCUT2D eigenvalue weighted by molar-refractivity contribution is 5.87. The standard InChI is InChI=1S/C26H23FN4O4/c1-3-21(32)30-14-5-6-18(30)25-29-23(24-26(33)28-13-15-31(24)25)16-9-11-17(12-10-16)35-20-8-4-7-19(34-2)22(20)27/h3-4,7-13,15,18H,1,5-6,14H2,2H3,(H,28,33)/t18-/m0/s1. The van der Waals surface area contributed by atoms with Crippen molar-refractivity contribution in [3.8, 4) is 28.5 Å². The summed E-state index contributed by atoms with van der Waals surface area (Å²) in [6, 6.07) is 11.3. The molecule has 2 aromatic carbocycles. The van der Waals surface area contributed by atoms with E-state index in [1.54, 1.807) is 52.0 Å². The van der Waals surface area contributed by atoms with Crippen LogP contribution >= 0.6 is 0 Å². The van der Waals surface area contributed by atoms with Crippen LogP contribution in [-0.2, 0) is 4.79 Å². The maximum atomic E-state index is 14.5. The highest BCUT2D eigenvalue weighted by Gasteiger charge is 2.33. The SMILES string of the molecule is C=CC(=O)N1CCC[C@H]1c1nc(-c2ccc(Oc3cccc(OC)c3F)cc2)c2c(=O)[nH]ccn12. The molecule has 1 fully saturated rings. The van der Waals surface area contributed by atoms with Crippen molar-refractivity contribution in [2.24, 2.45) is 0 Å². The molecule has 1 aliphatic rings. The lowest BCUT2D eigenvalue weighted by Gasteiger charge is -2.22. The molecule has 0 aliphatic carbocycles. The number of halogens is 1. The first-order valence-corrected chi connectivity index (χ1v) is 11.1. The molecule has 0 bridgehead atoms. The molecule has 2 aromatic heterocycles. The Hall–Kier alpha value is -4.40. The Morgan fingerprint density at radius 1 is 1.23 bits per heavy atom. The van der Waals surface area contributed by atoms with Gasteiger partial charge in [0.1, 0.15) is 22.8 Å². The lowest BCUT2D eigenvalue weighted by atomic mass is 10.1. The number of likely N-dealkylation sites (tertiary alicyclic amines) is 1. The van der Waals surface area contributed by atoms with Crippen LogP contribution in [-0.4, -0.2) is 38.8 Å². The monoisotopic (exact) mass is 474 g/mol. The van der Waals surface area contributed by atoms with Gasteiger partial charge in [0, 0.05) is 24.5 Å². The Balaban J connectivity index is 1.53. The molecule has 9 heteroatoms. The van der Waals surface area contributed by atoms with E-state index in [0.29, 0.717) is 34.9 Å². The number of rotatable bonds is 6. The predicted octanol–water partition coefficient (Wildman–Crippen LogP) is 4.48. The number of fused-ring (bicyclic) bond motifs is 1. The molecule has 35 heavy (non-hydrogen) atoms. The zero-order valence-corrected chi connectivity index (χ0v) is 19.0. The summed E-state index contributed by atoms with van der Waals surface area (Å²) in [6.07, 6.45) is 6.17. The first-order valence-electron chi connectivity index (χ1n) is 11.1. The van der Waals surface area contributed by atoms with Gasteiger partial charge in [-0.15, -0.1) is 0 Å². The number of aromatic nitrogens is 3. The second-order valence-corrected chi connectivity index (χ2v) is 8.12. The fourth-order valence-corrected chi connectivity index (χ4v) is 4.46. The molecule has 0 unspecified atom stereocenters. The fraction of sp³-hybridized carbons (Fsp3) is 0.192. The second-order valence-electron chi connectivity index (χ2n) is 8.12. The molecule has 1 aliphatic heterocycles. The van der Waals surface area contributed by atoms with Gasteiger partial charge in [-0.05, 0) is 55.3 Å². The molecule has 178 valence electrons. The molecule has 4 aromatic rings. The van der Waals surface area contributed by atoms with Crippen molar-refractivity contribution in [3.63, 3.8) is 0 Å². The van der Waals surface area contributed by atoms with Crippen LogP contribution in [0.4, 0.5) is 4.39 Å². The van der Waals surface area contributed by atoms with Gasteiger partial charge >= 0.3 is 0 Å². The minimum absolute atomic E-state index is 0.0384. The molecule has 8 nitrogen and oxygen atoms in total. The van der Waals surface area contributed by atoms with Crippen molar-refractivity contribution in [2.45, 2.75) is 18.9 Å². The third kappa shape index (κ3) is 3.95. The Morgan fingerprint density at radius 2 is 2.00 bits per heavy atom. The number of methoxy groups -OCH3 is 1. The van der Waals surface area contributed by atoms with Crippen LogP contribution in [0.3, 0.4) is 0 Å². The van der Waals surface area contributed by atoms with E-state index >= 15 is 0 Å². The van der Waals surface area contributed by atoms with Crippen LogP contribution in [0.5, 0.6) is 17.2 Å². The van der Waals surface area contributed by atoms with Gasteiger partial charge < -0.3 is 19.4 Å². The number of amides is 1. The molecule has 5 rings (SSSR count). The Kier molecular flexibility index (Phi) is 5.82. The summed E-state index contributed by atoms with van der Waals surface area (Å²) in [5, 5.41) is 0. The summed E-state index contributed by atoms with van der Waals surface area (Å²) in [5.74, 6) is 0.403. The normalized spacial score (nSPS) is 15.4. The lowest BCUT2D eigenvalue weighted by Crippen LogP contribution is -2.30. The van der Waals surface area contributed by atoms with Crippen molar-refractivity contribution in [2.75, 3.05) is 13.7 Å². The van der Waals surface area contributed by atoms with Crippen LogP contribution in [0.2, 0.25) is 0 Å². The highest BCUT2D eigenvalue weighted by atomic mass is 19.1. The van der Waals surface area contributed by atoms with Gasteiger partial charge in [0.25, 0.3) is 5.56 Å². The van der Waals surface area contributed by atoms with E-state index in [9.17, 15) is 14.0 Å². The molecular weight excluding hydrogens is 451 g/mol. The molecule has 1 amide bonds. The summed E-state index contributed by atoms with van der Waals surface area (Å²) < 4.78 is 26.9. The molecule has 0 radical (unpaired) electrons. The van der Waals surface area contributed by atoms with Crippen molar-refractivity contribution >= 4 is 11.4 Å². The average Bonchev–Trinajstić information content (AvgIpc) is 3.51. The Bertz CT molecular complexity index is 1480. The predicted molar refractivity (Wildman–Crippen MR) is 128 cm³/mol. The largest absolute Gasteiger partial charge is 0.494 e. The Labute approximate surface area is 200 Å². The quantitative estimate of drug-likeness (QED) is 0.416. The third-order valence-electron chi connectivity index (χ3n) is 6.10. The fourth-order valence-electron chi connectivity index (χ4n) is 4.46. The van der Waals surface area contributed by atoms with Crippen LogP contribution < -0.4 is 15.0 Å².